The second-order valence-electron chi connectivity index (χ2n) is 9.97. The molecule has 0 bridgehead atoms. The maximum atomic E-state index is 14.2. The summed E-state index contributed by atoms with van der Waals surface area (Å²) < 4.78 is 20.4. The van der Waals surface area contributed by atoms with Crippen molar-refractivity contribution >= 4 is 11.8 Å². The second-order valence-corrected chi connectivity index (χ2v) is 9.97. The summed E-state index contributed by atoms with van der Waals surface area (Å²) in [5, 5.41) is 2.96. The van der Waals surface area contributed by atoms with E-state index in [4.69, 9.17) is 4.74 Å². The summed E-state index contributed by atoms with van der Waals surface area (Å²) in [7, 11) is 0. The smallest absolute Gasteiger partial charge is 0.261 e. The highest BCUT2D eigenvalue weighted by atomic mass is 19.1. The van der Waals surface area contributed by atoms with Gasteiger partial charge in [-0.3, -0.25) is 9.59 Å². The Hall–Kier alpha value is -3.67. The van der Waals surface area contributed by atoms with Crippen molar-refractivity contribution in [2.75, 3.05) is 6.54 Å². The summed E-state index contributed by atoms with van der Waals surface area (Å²) in [6.45, 7) is 6.95. The maximum Gasteiger partial charge on any atom is 0.261 e. The van der Waals surface area contributed by atoms with Crippen LogP contribution in [0.5, 0.6) is 5.75 Å². The van der Waals surface area contributed by atoms with Crippen LogP contribution in [0.25, 0.3) is 0 Å². The summed E-state index contributed by atoms with van der Waals surface area (Å²) in [6.07, 6.45) is 0.984. The normalized spacial score (nSPS) is 15.7. The lowest BCUT2D eigenvalue weighted by Crippen LogP contribution is -2.41. The monoisotopic (exact) mass is 502 g/mol. The van der Waals surface area contributed by atoms with Gasteiger partial charge in [0.2, 0.25) is 5.91 Å². The number of hydrogen-bond donors (Lipinski definition) is 1. The molecule has 6 heteroatoms. The van der Waals surface area contributed by atoms with Gasteiger partial charge in [-0.2, -0.15) is 0 Å². The standard InChI is InChI=1S/C31H35FN2O3/c1-4-28(31(36)33-20-22-9-6-5-7-10-22)37-26-14-13-23-15-16-34(29(35)17-21(2)3)30(27(23)19-26)24-11-8-12-25(32)18-24/h5-14,18-19,21,28,30H,4,15-17,20H2,1-3H3,(H,33,36)/t28-,30+/m1/s1. The number of carbonyl (C=O) groups is 2. The number of carbonyl (C=O) groups excluding carboxylic acids is 2. The minimum absolute atomic E-state index is 0.0490. The van der Waals surface area contributed by atoms with Crippen LogP contribution >= 0.6 is 0 Å². The first kappa shape index (κ1) is 26.4. The molecule has 5 nitrogen and oxygen atoms in total. The maximum absolute atomic E-state index is 14.2. The number of benzene rings is 3. The summed E-state index contributed by atoms with van der Waals surface area (Å²) >= 11 is 0. The van der Waals surface area contributed by atoms with Crippen LogP contribution in [-0.2, 0) is 22.6 Å². The molecule has 194 valence electrons. The first-order valence-corrected chi connectivity index (χ1v) is 13.0. The van der Waals surface area contributed by atoms with Gasteiger partial charge in [0.1, 0.15) is 11.6 Å². The van der Waals surface area contributed by atoms with Gasteiger partial charge in [0.25, 0.3) is 5.91 Å². The zero-order valence-electron chi connectivity index (χ0n) is 21.7. The van der Waals surface area contributed by atoms with E-state index in [0.29, 0.717) is 38.1 Å². The Morgan fingerprint density at radius 3 is 2.54 bits per heavy atom. The predicted octanol–water partition coefficient (Wildman–Crippen LogP) is 5.82. The van der Waals surface area contributed by atoms with Gasteiger partial charge in [-0.1, -0.05) is 69.3 Å². The molecule has 0 aromatic heterocycles. The van der Waals surface area contributed by atoms with Gasteiger partial charge in [0, 0.05) is 19.5 Å². The van der Waals surface area contributed by atoms with Crippen molar-refractivity contribution in [1.82, 2.24) is 10.2 Å². The molecule has 2 atom stereocenters. The molecule has 0 aliphatic carbocycles. The lowest BCUT2D eigenvalue weighted by atomic mass is 9.87. The van der Waals surface area contributed by atoms with Crippen LogP contribution in [0.2, 0.25) is 0 Å². The average Bonchev–Trinajstić information content (AvgIpc) is 2.89. The highest BCUT2D eigenvalue weighted by molar-refractivity contribution is 5.81. The first-order chi connectivity index (χ1) is 17.9. The molecule has 1 heterocycles. The highest BCUT2D eigenvalue weighted by Gasteiger charge is 2.33. The molecule has 0 saturated carbocycles. The molecular weight excluding hydrogens is 467 g/mol. The minimum Gasteiger partial charge on any atom is -0.481 e. The van der Waals surface area contributed by atoms with Gasteiger partial charge in [0.05, 0.1) is 6.04 Å². The Morgan fingerprint density at radius 2 is 1.84 bits per heavy atom. The van der Waals surface area contributed by atoms with E-state index >= 15 is 0 Å². The first-order valence-electron chi connectivity index (χ1n) is 13.0. The van der Waals surface area contributed by atoms with Crippen molar-refractivity contribution in [2.24, 2.45) is 5.92 Å². The Kier molecular flexibility index (Phi) is 8.59. The van der Waals surface area contributed by atoms with Crippen LogP contribution in [0.4, 0.5) is 4.39 Å². The van der Waals surface area contributed by atoms with E-state index in [0.717, 1.165) is 22.3 Å². The number of hydrogen-bond acceptors (Lipinski definition) is 3. The molecule has 2 amide bonds. The summed E-state index contributed by atoms with van der Waals surface area (Å²) in [4.78, 5) is 28.0. The van der Waals surface area contributed by atoms with Gasteiger partial charge in [-0.25, -0.2) is 4.39 Å². The molecule has 0 radical (unpaired) electrons. The second kappa shape index (κ2) is 12.0. The fourth-order valence-corrected chi connectivity index (χ4v) is 4.82. The quantitative estimate of drug-likeness (QED) is 0.401. The van der Waals surface area contributed by atoms with E-state index in [-0.39, 0.29) is 23.5 Å². The van der Waals surface area contributed by atoms with Crippen molar-refractivity contribution in [2.45, 2.75) is 58.7 Å². The van der Waals surface area contributed by atoms with E-state index in [2.05, 4.69) is 5.32 Å². The van der Waals surface area contributed by atoms with Crippen molar-refractivity contribution in [1.29, 1.82) is 0 Å². The van der Waals surface area contributed by atoms with Crippen LogP contribution in [0, 0.1) is 11.7 Å². The fourth-order valence-electron chi connectivity index (χ4n) is 4.82. The van der Waals surface area contributed by atoms with E-state index in [1.54, 1.807) is 6.07 Å². The molecule has 1 N–H and O–H groups in total. The zero-order valence-corrected chi connectivity index (χ0v) is 21.7. The Bertz CT molecular complexity index is 1230. The molecular formula is C31H35FN2O3. The highest BCUT2D eigenvalue weighted by Crippen LogP contribution is 2.38. The average molecular weight is 503 g/mol. The number of halogens is 1. The zero-order chi connectivity index (χ0) is 26.4. The van der Waals surface area contributed by atoms with E-state index < -0.39 is 12.1 Å². The van der Waals surface area contributed by atoms with Gasteiger partial charge in [-0.05, 0) is 65.3 Å². The van der Waals surface area contributed by atoms with Gasteiger partial charge < -0.3 is 15.0 Å². The Balaban J connectivity index is 1.59. The fraction of sp³-hybridized carbons (Fsp3) is 0.355. The lowest BCUT2D eigenvalue weighted by molar-refractivity contribution is -0.134. The number of ether oxygens (including phenoxy) is 1. The molecule has 0 unspecified atom stereocenters. The topological polar surface area (TPSA) is 58.6 Å². The van der Waals surface area contributed by atoms with E-state index in [1.165, 1.54) is 12.1 Å². The number of rotatable bonds is 9. The van der Waals surface area contributed by atoms with Crippen LogP contribution < -0.4 is 10.1 Å². The summed E-state index contributed by atoms with van der Waals surface area (Å²) in [5.41, 5.74) is 3.74. The minimum atomic E-state index is -0.656. The molecule has 3 aromatic rings. The van der Waals surface area contributed by atoms with Crippen LogP contribution in [0.3, 0.4) is 0 Å². The van der Waals surface area contributed by atoms with Crippen molar-refractivity contribution < 1.29 is 18.7 Å². The van der Waals surface area contributed by atoms with Crippen LogP contribution in [0.15, 0.2) is 72.8 Å². The molecule has 4 rings (SSSR count). The number of nitrogens with one attached hydrogen (secondary N) is 1. The van der Waals surface area contributed by atoms with Crippen molar-refractivity contribution in [3.05, 3.63) is 101 Å². The van der Waals surface area contributed by atoms with E-state index in [1.807, 2.05) is 80.3 Å². The molecule has 3 aromatic carbocycles. The molecule has 37 heavy (non-hydrogen) atoms. The molecule has 0 fully saturated rings. The third kappa shape index (κ3) is 6.56. The third-order valence-electron chi connectivity index (χ3n) is 6.66. The van der Waals surface area contributed by atoms with Crippen LogP contribution in [0.1, 0.15) is 61.9 Å². The van der Waals surface area contributed by atoms with Gasteiger partial charge >= 0.3 is 0 Å². The molecule has 0 saturated heterocycles. The SMILES string of the molecule is CC[C@@H](Oc1ccc2c(c1)[C@H](c1cccc(F)c1)N(C(=O)CC(C)C)CC2)C(=O)NCc1ccccc1. The third-order valence-corrected chi connectivity index (χ3v) is 6.66. The number of amides is 2. The molecule has 1 aliphatic heterocycles. The van der Waals surface area contributed by atoms with E-state index in [9.17, 15) is 14.0 Å². The largest absolute Gasteiger partial charge is 0.481 e. The number of nitrogens with zero attached hydrogens (tertiary/aromatic N) is 1. The van der Waals surface area contributed by atoms with Crippen molar-refractivity contribution in [3.8, 4) is 5.75 Å². The number of fused-ring (bicyclic) bond motifs is 1. The van der Waals surface area contributed by atoms with Crippen molar-refractivity contribution in [3.63, 3.8) is 0 Å². The Morgan fingerprint density at radius 1 is 1.05 bits per heavy atom. The summed E-state index contributed by atoms with van der Waals surface area (Å²) in [5.74, 6) is 0.304. The van der Waals surface area contributed by atoms with Crippen LogP contribution in [-0.4, -0.2) is 29.4 Å². The summed E-state index contributed by atoms with van der Waals surface area (Å²) in [6, 6.07) is 21.5. The predicted molar refractivity (Wildman–Crippen MR) is 143 cm³/mol. The van der Waals surface area contributed by atoms with Gasteiger partial charge in [-0.15, -0.1) is 0 Å². The molecule has 1 aliphatic rings. The van der Waals surface area contributed by atoms with Gasteiger partial charge in [0.15, 0.2) is 6.10 Å². The Labute approximate surface area is 218 Å². The molecule has 0 spiro atoms. The lowest BCUT2D eigenvalue weighted by Gasteiger charge is -2.38.